The SMILES string of the molecule is CS(=O)(=NI)c1cccnc1. The summed E-state index contributed by atoms with van der Waals surface area (Å²) in [5.41, 5.74) is 0. The fourth-order valence-electron chi connectivity index (χ4n) is 0.611. The predicted molar refractivity (Wildman–Crippen MR) is 53.0 cm³/mol. The molecule has 1 heterocycles. The van der Waals surface area contributed by atoms with Crippen molar-refractivity contribution in [3.63, 3.8) is 0 Å². The number of pyridine rings is 1. The van der Waals surface area contributed by atoms with Crippen LogP contribution in [0.1, 0.15) is 0 Å². The van der Waals surface area contributed by atoms with Crippen molar-refractivity contribution in [3.05, 3.63) is 24.5 Å². The third kappa shape index (κ3) is 2.13. The highest BCUT2D eigenvalue weighted by molar-refractivity contribution is 14.1. The van der Waals surface area contributed by atoms with Gasteiger partial charge >= 0.3 is 0 Å². The third-order valence-corrected chi connectivity index (χ3v) is 4.84. The first-order chi connectivity index (χ1) is 5.17. The molecule has 11 heavy (non-hydrogen) atoms. The molecule has 1 rings (SSSR count). The van der Waals surface area contributed by atoms with Crippen molar-refractivity contribution in [3.8, 4) is 0 Å². The van der Waals surface area contributed by atoms with Gasteiger partial charge in [-0.2, -0.15) is 2.58 Å². The molecule has 0 aromatic carbocycles. The van der Waals surface area contributed by atoms with Gasteiger partial charge in [-0.3, -0.25) is 4.98 Å². The van der Waals surface area contributed by atoms with Crippen LogP contribution in [0.5, 0.6) is 0 Å². The topological polar surface area (TPSA) is 42.3 Å². The van der Waals surface area contributed by atoms with Crippen LogP contribution in [-0.2, 0) is 9.73 Å². The Kier molecular flexibility index (Phi) is 2.83. The normalized spacial score (nSPS) is 15.5. The fraction of sp³-hybridized carbons (Fsp3) is 0.167. The Hall–Kier alpha value is -0.170. The Bertz CT molecular complexity index is 343. The molecule has 0 bridgehead atoms. The molecule has 1 atom stereocenters. The van der Waals surface area contributed by atoms with Gasteiger partial charge in [0.2, 0.25) is 0 Å². The fourth-order valence-corrected chi connectivity index (χ4v) is 1.96. The highest BCUT2D eigenvalue weighted by atomic mass is 127. The van der Waals surface area contributed by atoms with Gasteiger partial charge in [0.05, 0.1) is 37.5 Å². The van der Waals surface area contributed by atoms with E-state index in [0.717, 1.165) is 0 Å². The molecule has 1 unspecified atom stereocenters. The number of rotatable bonds is 1. The molecule has 5 heteroatoms. The van der Waals surface area contributed by atoms with Crippen molar-refractivity contribution in [1.82, 2.24) is 4.98 Å². The molecule has 60 valence electrons. The summed E-state index contributed by atoms with van der Waals surface area (Å²) in [6.45, 7) is 0. The molecule has 0 saturated carbocycles. The van der Waals surface area contributed by atoms with Crippen LogP contribution in [-0.4, -0.2) is 15.4 Å². The number of nitrogens with zero attached hydrogens (tertiary/aromatic N) is 2. The maximum atomic E-state index is 11.5. The van der Waals surface area contributed by atoms with Crippen LogP contribution in [0.15, 0.2) is 32.0 Å². The van der Waals surface area contributed by atoms with Gasteiger partial charge in [-0.1, -0.05) is 0 Å². The number of hydrogen-bond donors (Lipinski definition) is 0. The molecule has 1 aromatic heterocycles. The molecule has 0 aliphatic heterocycles. The zero-order chi connectivity index (χ0) is 8.32. The average Bonchev–Trinajstić information content (AvgIpc) is 2.06. The average molecular weight is 282 g/mol. The second-order valence-corrected chi connectivity index (χ2v) is 5.46. The lowest BCUT2D eigenvalue weighted by molar-refractivity contribution is 0.681. The van der Waals surface area contributed by atoms with E-state index in [9.17, 15) is 4.21 Å². The van der Waals surface area contributed by atoms with E-state index in [1.165, 1.54) is 0 Å². The Labute approximate surface area is 79.9 Å². The highest BCUT2D eigenvalue weighted by Gasteiger charge is 2.02. The van der Waals surface area contributed by atoms with Crippen molar-refractivity contribution in [2.75, 3.05) is 6.26 Å². The summed E-state index contributed by atoms with van der Waals surface area (Å²) >= 11 is 1.76. The molecule has 1 aromatic rings. The van der Waals surface area contributed by atoms with Gasteiger partial charge in [0.1, 0.15) is 0 Å². The van der Waals surface area contributed by atoms with Gasteiger partial charge in [0.15, 0.2) is 0 Å². The second-order valence-electron chi connectivity index (χ2n) is 2.06. The summed E-state index contributed by atoms with van der Waals surface area (Å²) in [4.78, 5) is 4.53. The Balaban J connectivity index is 3.25. The molecular weight excluding hydrogens is 275 g/mol. The minimum atomic E-state index is -2.20. The predicted octanol–water partition coefficient (Wildman–Crippen LogP) is 1.89. The molecule has 0 N–H and O–H groups in total. The lowest BCUT2D eigenvalue weighted by Crippen LogP contribution is -1.95. The zero-order valence-corrected chi connectivity index (χ0v) is 8.87. The zero-order valence-electron chi connectivity index (χ0n) is 5.90. The van der Waals surface area contributed by atoms with Crippen LogP contribution in [0.3, 0.4) is 0 Å². The highest BCUT2D eigenvalue weighted by Crippen LogP contribution is 2.10. The van der Waals surface area contributed by atoms with E-state index in [4.69, 9.17) is 0 Å². The summed E-state index contributed by atoms with van der Waals surface area (Å²) in [6.07, 6.45) is 4.81. The Morgan fingerprint density at radius 2 is 2.45 bits per heavy atom. The maximum Gasteiger partial charge on any atom is 0.0956 e. The second kappa shape index (κ2) is 3.48. The van der Waals surface area contributed by atoms with E-state index < -0.39 is 9.73 Å². The Morgan fingerprint density at radius 3 is 2.91 bits per heavy atom. The maximum absolute atomic E-state index is 11.5. The van der Waals surface area contributed by atoms with E-state index in [2.05, 4.69) is 7.56 Å². The van der Waals surface area contributed by atoms with Crippen molar-refractivity contribution in [2.24, 2.45) is 2.58 Å². The standard InChI is InChI=1S/C6H7IN2OS/c1-11(10,9-7)6-3-2-4-8-5-6/h2-5H,1H3. The summed E-state index contributed by atoms with van der Waals surface area (Å²) in [7, 11) is -2.20. The molecule has 0 aliphatic rings. The first-order valence-corrected chi connectivity index (χ1v) is 5.78. The molecule has 0 spiro atoms. The number of aromatic nitrogens is 1. The van der Waals surface area contributed by atoms with E-state index in [1.54, 1.807) is 53.6 Å². The molecular formula is C6H7IN2OS. The van der Waals surface area contributed by atoms with Crippen LogP contribution in [0, 0.1) is 0 Å². The molecule has 0 amide bonds. The summed E-state index contributed by atoms with van der Waals surface area (Å²) in [5, 5.41) is 0. The first kappa shape index (κ1) is 8.92. The minimum Gasteiger partial charge on any atom is -0.263 e. The summed E-state index contributed by atoms with van der Waals surface area (Å²) in [6, 6.07) is 3.51. The van der Waals surface area contributed by atoms with Gasteiger partial charge in [-0.05, 0) is 12.1 Å². The van der Waals surface area contributed by atoms with Crippen LogP contribution < -0.4 is 0 Å². The largest absolute Gasteiger partial charge is 0.263 e. The quantitative estimate of drug-likeness (QED) is 0.738. The van der Waals surface area contributed by atoms with Crippen LogP contribution in [0.25, 0.3) is 0 Å². The van der Waals surface area contributed by atoms with Crippen molar-refractivity contribution in [2.45, 2.75) is 4.90 Å². The lowest BCUT2D eigenvalue weighted by atomic mass is 10.5. The summed E-state index contributed by atoms with van der Waals surface area (Å²) < 4.78 is 15.3. The number of halogens is 1. The van der Waals surface area contributed by atoms with Crippen LogP contribution in [0.2, 0.25) is 0 Å². The molecule has 0 saturated heterocycles. The third-order valence-electron chi connectivity index (χ3n) is 1.20. The van der Waals surface area contributed by atoms with E-state index >= 15 is 0 Å². The molecule has 0 aliphatic carbocycles. The molecule has 0 radical (unpaired) electrons. The van der Waals surface area contributed by atoms with Crippen molar-refractivity contribution >= 4 is 32.6 Å². The van der Waals surface area contributed by atoms with Crippen molar-refractivity contribution in [1.29, 1.82) is 0 Å². The summed E-state index contributed by atoms with van der Waals surface area (Å²) in [5.74, 6) is 0. The van der Waals surface area contributed by atoms with Crippen LogP contribution in [0.4, 0.5) is 0 Å². The van der Waals surface area contributed by atoms with E-state index in [-0.39, 0.29) is 0 Å². The van der Waals surface area contributed by atoms with Gasteiger partial charge in [0.25, 0.3) is 0 Å². The van der Waals surface area contributed by atoms with E-state index in [0.29, 0.717) is 4.90 Å². The van der Waals surface area contributed by atoms with Crippen molar-refractivity contribution < 1.29 is 4.21 Å². The smallest absolute Gasteiger partial charge is 0.0956 e. The van der Waals surface area contributed by atoms with Gasteiger partial charge in [-0.15, -0.1) is 0 Å². The van der Waals surface area contributed by atoms with Gasteiger partial charge in [0, 0.05) is 18.6 Å². The van der Waals surface area contributed by atoms with Gasteiger partial charge < -0.3 is 0 Å². The minimum absolute atomic E-state index is 0.675. The number of hydrogen-bond acceptors (Lipinski definition) is 3. The monoisotopic (exact) mass is 282 g/mol. The first-order valence-electron chi connectivity index (χ1n) is 2.89. The molecule has 0 fully saturated rings. The van der Waals surface area contributed by atoms with E-state index in [1.807, 2.05) is 0 Å². The lowest BCUT2D eigenvalue weighted by Gasteiger charge is -1.98. The molecule has 3 nitrogen and oxygen atoms in total. The Morgan fingerprint density at radius 1 is 1.73 bits per heavy atom. The van der Waals surface area contributed by atoms with Crippen LogP contribution >= 0.6 is 22.9 Å². The van der Waals surface area contributed by atoms with Gasteiger partial charge in [-0.25, -0.2) is 4.21 Å².